The van der Waals surface area contributed by atoms with Gasteiger partial charge in [0.2, 0.25) is 0 Å². The van der Waals surface area contributed by atoms with Gasteiger partial charge < -0.3 is 10.1 Å². The van der Waals surface area contributed by atoms with Crippen molar-refractivity contribution in [2.45, 2.75) is 6.92 Å². The van der Waals surface area contributed by atoms with Crippen molar-refractivity contribution >= 4 is 40.4 Å². The summed E-state index contributed by atoms with van der Waals surface area (Å²) in [5, 5.41) is 3.59. The van der Waals surface area contributed by atoms with Gasteiger partial charge in [-0.05, 0) is 48.4 Å². The van der Waals surface area contributed by atoms with Gasteiger partial charge in [-0.3, -0.25) is 9.59 Å². The van der Waals surface area contributed by atoms with Crippen LogP contribution in [-0.4, -0.2) is 18.9 Å². The molecule has 1 aliphatic heterocycles. The lowest BCUT2D eigenvalue weighted by molar-refractivity contribution is -0.120. The van der Waals surface area contributed by atoms with Gasteiger partial charge in [-0.25, -0.2) is 4.90 Å². The quantitative estimate of drug-likeness (QED) is 0.589. The average Bonchev–Trinajstić information content (AvgIpc) is 2.98. The van der Waals surface area contributed by atoms with Gasteiger partial charge in [-0.1, -0.05) is 54.1 Å². The summed E-state index contributed by atoms with van der Waals surface area (Å²) in [6.45, 7) is 1.94. The Morgan fingerprint density at radius 2 is 1.67 bits per heavy atom. The van der Waals surface area contributed by atoms with Crippen LogP contribution in [0.25, 0.3) is 5.57 Å². The van der Waals surface area contributed by atoms with Crippen molar-refractivity contribution in [1.29, 1.82) is 0 Å². The van der Waals surface area contributed by atoms with Gasteiger partial charge in [0.15, 0.2) is 0 Å². The molecule has 1 N–H and O–H groups in total. The summed E-state index contributed by atoms with van der Waals surface area (Å²) in [7, 11) is 1.56. The summed E-state index contributed by atoms with van der Waals surface area (Å²) < 4.78 is 5.43. The lowest BCUT2D eigenvalue weighted by atomic mass is 10.0. The van der Waals surface area contributed by atoms with Crippen LogP contribution in [0, 0.1) is 6.92 Å². The minimum absolute atomic E-state index is 0.190. The highest BCUT2D eigenvalue weighted by atomic mass is 35.5. The molecule has 0 aromatic heterocycles. The van der Waals surface area contributed by atoms with E-state index in [1.165, 1.54) is 0 Å². The molecule has 1 aliphatic rings. The fourth-order valence-corrected chi connectivity index (χ4v) is 3.61. The normalized spacial score (nSPS) is 13.8. The van der Waals surface area contributed by atoms with E-state index in [-0.39, 0.29) is 5.70 Å². The molecule has 1 heterocycles. The molecule has 0 bridgehead atoms. The van der Waals surface area contributed by atoms with Crippen LogP contribution in [0.1, 0.15) is 11.1 Å². The van der Waals surface area contributed by atoms with Gasteiger partial charge in [0.05, 0.1) is 24.1 Å². The van der Waals surface area contributed by atoms with E-state index in [9.17, 15) is 9.59 Å². The number of imide groups is 1. The van der Waals surface area contributed by atoms with E-state index in [0.29, 0.717) is 33.3 Å². The van der Waals surface area contributed by atoms with Gasteiger partial charge in [0, 0.05) is 5.02 Å². The Labute approximate surface area is 179 Å². The number of rotatable bonds is 5. The van der Waals surface area contributed by atoms with Crippen LogP contribution in [0.2, 0.25) is 5.02 Å². The lowest BCUT2D eigenvalue weighted by Crippen LogP contribution is -2.32. The van der Waals surface area contributed by atoms with Gasteiger partial charge in [0.1, 0.15) is 11.4 Å². The van der Waals surface area contributed by atoms with Crippen molar-refractivity contribution in [2.24, 2.45) is 0 Å². The predicted molar refractivity (Wildman–Crippen MR) is 119 cm³/mol. The summed E-state index contributed by atoms with van der Waals surface area (Å²) in [5.41, 5.74) is 3.14. The minimum Gasteiger partial charge on any atom is -0.495 e. The van der Waals surface area contributed by atoms with E-state index in [0.717, 1.165) is 10.5 Å². The third kappa shape index (κ3) is 3.55. The second-order valence-corrected chi connectivity index (χ2v) is 7.31. The first kappa shape index (κ1) is 19.7. The minimum atomic E-state index is -0.454. The lowest BCUT2D eigenvalue weighted by Gasteiger charge is -2.16. The summed E-state index contributed by atoms with van der Waals surface area (Å²) >= 11 is 6.10. The van der Waals surface area contributed by atoms with E-state index in [4.69, 9.17) is 16.3 Å². The van der Waals surface area contributed by atoms with Crippen molar-refractivity contribution in [3.63, 3.8) is 0 Å². The molecule has 6 heteroatoms. The van der Waals surface area contributed by atoms with Crippen LogP contribution in [-0.2, 0) is 9.59 Å². The largest absolute Gasteiger partial charge is 0.495 e. The number of aryl methyl sites for hydroxylation is 1. The first-order valence-electron chi connectivity index (χ1n) is 9.35. The van der Waals surface area contributed by atoms with Gasteiger partial charge in [0.25, 0.3) is 11.8 Å². The fourth-order valence-electron chi connectivity index (χ4n) is 3.42. The molecule has 4 rings (SSSR count). The van der Waals surface area contributed by atoms with E-state index in [2.05, 4.69) is 5.32 Å². The second kappa shape index (κ2) is 8.05. The summed E-state index contributed by atoms with van der Waals surface area (Å²) in [6, 6.07) is 21.4. The van der Waals surface area contributed by atoms with Crippen molar-refractivity contribution in [2.75, 3.05) is 17.3 Å². The maximum absolute atomic E-state index is 13.4. The number of carbonyl (C=O) groups is 2. The maximum Gasteiger partial charge on any atom is 0.282 e. The highest BCUT2D eigenvalue weighted by molar-refractivity contribution is 6.46. The highest BCUT2D eigenvalue weighted by Crippen LogP contribution is 2.36. The zero-order chi connectivity index (χ0) is 21.3. The van der Waals surface area contributed by atoms with Crippen LogP contribution >= 0.6 is 11.6 Å². The molecule has 5 nitrogen and oxygen atoms in total. The number of benzene rings is 3. The molecule has 2 amide bonds. The zero-order valence-corrected chi connectivity index (χ0v) is 17.2. The molecule has 0 spiro atoms. The van der Waals surface area contributed by atoms with E-state index >= 15 is 0 Å². The van der Waals surface area contributed by atoms with Crippen molar-refractivity contribution in [1.82, 2.24) is 0 Å². The monoisotopic (exact) mass is 418 g/mol. The molecule has 0 unspecified atom stereocenters. The van der Waals surface area contributed by atoms with Gasteiger partial charge >= 0.3 is 0 Å². The van der Waals surface area contributed by atoms with Gasteiger partial charge in [-0.2, -0.15) is 0 Å². The van der Waals surface area contributed by atoms with Gasteiger partial charge in [-0.15, -0.1) is 0 Å². The number of hydrogen-bond acceptors (Lipinski definition) is 4. The van der Waals surface area contributed by atoms with Crippen LogP contribution in [0.4, 0.5) is 11.4 Å². The number of nitrogens with zero attached hydrogens (tertiary/aromatic N) is 1. The van der Waals surface area contributed by atoms with Crippen molar-refractivity contribution < 1.29 is 14.3 Å². The number of nitrogens with one attached hydrogen (secondary N) is 1. The van der Waals surface area contributed by atoms with Crippen LogP contribution < -0.4 is 15.0 Å². The Balaban J connectivity index is 1.85. The first-order valence-corrected chi connectivity index (χ1v) is 9.73. The Bertz CT molecular complexity index is 1170. The second-order valence-electron chi connectivity index (χ2n) is 6.87. The molecular formula is C24H19ClN2O3. The average molecular weight is 419 g/mol. The number of carbonyl (C=O) groups excluding carboxylic acids is 2. The molecule has 0 fully saturated rings. The highest BCUT2D eigenvalue weighted by Gasteiger charge is 2.40. The molecule has 0 saturated heterocycles. The number of amides is 2. The molecule has 30 heavy (non-hydrogen) atoms. The molecule has 0 atom stereocenters. The molecule has 150 valence electrons. The molecule has 0 aliphatic carbocycles. The third-order valence-electron chi connectivity index (χ3n) is 4.83. The standard InChI is InChI=1S/C24H19ClN2O3/c1-15-11-12-20(30-2)19(13-15)26-22-21(16-7-4-3-5-8-16)23(28)27(24(22)29)18-10-6-9-17(25)14-18/h3-14,26H,1-2H3. The predicted octanol–water partition coefficient (Wildman–Crippen LogP) is 5.05. The van der Waals surface area contributed by atoms with E-state index in [1.54, 1.807) is 43.5 Å². The van der Waals surface area contributed by atoms with E-state index in [1.807, 2.05) is 43.3 Å². The number of ether oxygens (including phenoxy) is 1. The number of halogens is 1. The smallest absolute Gasteiger partial charge is 0.282 e. The molecule has 0 radical (unpaired) electrons. The number of anilines is 2. The zero-order valence-electron chi connectivity index (χ0n) is 16.5. The summed E-state index contributed by atoms with van der Waals surface area (Å²) in [6.07, 6.45) is 0. The molecule has 3 aromatic rings. The number of hydrogen-bond donors (Lipinski definition) is 1. The van der Waals surface area contributed by atoms with Crippen LogP contribution in [0.5, 0.6) is 5.75 Å². The van der Waals surface area contributed by atoms with E-state index < -0.39 is 11.8 Å². The SMILES string of the molecule is COc1ccc(C)cc1NC1=C(c2ccccc2)C(=O)N(c2cccc(Cl)c2)C1=O. The first-order chi connectivity index (χ1) is 14.5. The molecular weight excluding hydrogens is 400 g/mol. The van der Waals surface area contributed by atoms with Crippen LogP contribution in [0.15, 0.2) is 78.5 Å². The Morgan fingerprint density at radius 1 is 0.900 bits per heavy atom. The summed E-state index contributed by atoms with van der Waals surface area (Å²) in [5.74, 6) is -0.297. The summed E-state index contributed by atoms with van der Waals surface area (Å²) in [4.78, 5) is 27.9. The van der Waals surface area contributed by atoms with Crippen molar-refractivity contribution in [3.05, 3.63) is 94.6 Å². The van der Waals surface area contributed by atoms with Crippen molar-refractivity contribution in [3.8, 4) is 5.75 Å². The maximum atomic E-state index is 13.4. The Hall–Kier alpha value is -3.57. The Kier molecular flexibility index (Phi) is 5.29. The Morgan fingerprint density at radius 3 is 2.37 bits per heavy atom. The molecule has 0 saturated carbocycles. The topological polar surface area (TPSA) is 58.6 Å². The number of methoxy groups -OCH3 is 1. The fraction of sp³-hybridized carbons (Fsp3) is 0.0833. The van der Waals surface area contributed by atoms with Crippen LogP contribution in [0.3, 0.4) is 0 Å². The molecule has 3 aromatic carbocycles. The third-order valence-corrected chi connectivity index (χ3v) is 5.06.